The molecule has 2 rings (SSSR count). The Morgan fingerprint density at radius 3 is 2.44 bits per heavy atom. The maximum Gasteiger partial charge on any atom is 0.335 e. The normalized spacial score (nSPS) is 20.1. The number of nitrogens with zero attached hydrogens (tertiary/aromatic N) is 1. The first-order valence-corrected chi connectivity index (χ1v) is 10.7. The van der Waals surface area contributed by atoms with Gasteiger partial charge in [-0.2, -0.15) is 0 Å². The van der Waals surface area contributed by atoms with Crippen LogP contribution in [-0.2, 0) is 14.8 Å². The van der Waals surface area contributed by atoms with Crippen molar-refractivity contribution < 1.29 is 27.9 Å². The quantitative estimate of drug-likeness (QED) is 0.683. The predicted octanol–water partition coefficient (Wildman–Crippen LogP) is 1.33. The van der Waals surface area contributed by atoms with Gasteiger partial charge in [0.25, 0.3) is 0 Å². The molecule has 2 N–H and O–H groups in total. The summed E-state index contributed by atoms with van der Waals surface area (Å²) in [5, 5.41) is 8.93. The lowest BCUT2D eigenvalue weighted by Crippen LogP contribution is -2.41. The molecule has 1 heterocycles. The molecule has 27 heavy (non-hydrogen) atoms. The van der Waals surface area contributed by atoms with Gasteiger partial charge in [0.15, 0.2) is 0 Å². The Bertz CT molecular complexity index is 776. The van der Waals surface area contributed by atoms with E-state index < -0.39 is 16.0 Å². The Labute approximate surface area is 159 Å². The fraction of sp³-hybridized carbons (Fsp3) is 0.556. The van der Waals surface area contributed by atoms with Crippen LogP contribution in [0.5, 0.6) is 5.75 Å². The summed E-state index contributed by atoms with van der Waals surface area (Å²) in [6.07, 6.45) is 1.95. The molecule has 0 saturated carbocycles. The smallest absolute Gasteiger partial charge is 0.335 e. The first kappa shape index (κ1) is 21.2. The van der Waals surface area contributed by atoms with E-state index in [0.29, 0.717) is 25.1 Å². The molecule has 0 spiro atoms. The van der Waals surface area contributed by atoms with Crippen molar-refractivity contribution in [3.8, 4) is 5.75 Å². The van der Waals surface area contributed by atoms with Gasteiger partial charge >= 0.3 is 5.97 Å². The van der Waals surface area contributed by atoms with Gasteiger partial charge in [-0.15, -0.1) is 0 Å². The number of carbonyl (C=O) groups is 2. The van der Waals surface area contributed by atoms with Gasteiger partial charge in [0.2, 0.25) is 15.9 Å². The molecule has 1 saturated heterocycles. The number of aromatic carboxylic acids is 1. The third kappa shape index (κ3) is 6.51. The standard InChI is InChI=1S/C18H26N2O6S/c1-12(2)8-17(21)20-10-14(19-27(3,24)25)9-15(20)11-26-16-6-4-13(5-7-16)18(22)23/h4-7,12,14-15,19H,8-11H2,1-3H3,(H,22,23). The summed E-state index contributed by atoms with van der Waals surface area (Å²) < 4.78 is 31.3. The molecule has 0 aromatic heterocycles. The van der Waals surface area contributed by atoms with E-state index in [-0.39, 0.29) is 36.1 Å². The van der Waals surface area contributed by atoms with Crippen LogP contribution in [0.2, 0.25) is 0 Å². The minimum Gasteiger partial charge on any atom is -0.491 e. The largest absolute Gasteiger partial charge is 0.491 e. The Morgan fingerprint density at radius 1 is 1.30 bits per heavy atom. The number of hydrogen-bond donors (Lipinski definition) is 2. The van der Waals surface area contributed by atoms with E-state index in [4.69, 9.17) is 9.84 Å². The molecule has 1 aliphatic heterocycles. The van der Waals surface area contributed by atoms with E-state index in [9.17, 15) is 18.0 Å². The van der Waals surface area contributed by atoms with Gasteiger partial charge in [0, 0.05) is 19.0 Å². The number of ether oxygens (including phenoxy) is 1. The van der Waals surface area contributed by atoms with Gasteiger partial charge in [-0.1, -0.05) is 13.8 Å². The summed E-state index contributed by atoms with van der Waals surface area (Å²) in [5.41, 5.74) is 0.161. The fourth-order valence-corrected chi connectivity index (χ4v) is 3.90. The van der Waals surface area contributed by atoms with E-state index >= 15 is 0 Å². The fourth-order valence-electron chi connectivity index (χ4n) is 3.12. The Kier molecular flexibility index (Phi) is 6.83. The van der Waals surface area contributed by atoms with Crippen LogP contribution in [0.15, 0.2) is 24.3 Å². The molecule has 8 nitrogen and oxygen atoms in total. The molecular formula is C18H26N2O6S. The van der Waals surface area contributed by atoms with Crippen LogP contribution in [0.3, 0.4) is 0 Å². The van der Waals surface area contributed by atoms with Crippen molar-refractivity contribution in [2.24, 2.45) is 5.92 Å². The predicted molar refractivity (Wildman–Crippen MR) is 100 cm³/mol. The molecule has 150 valence electrons. The molecule has 0 aliphatic carbocycles. The molecular weight excluding hydrogens is 372 g/mol. The molecule has 2 unspecified atom stereocenters. The topological polar surface area (TPSA) is 113 Å². The second kappa shape index (κ2) is 8.71. The van der Waals surface area contributed by atoms with Crippen LogP contribution in [0.25, 0.3) is 0 Å². The lowest BCUT2D eigenvalue weighted by molar-refractivity contribution is -0.133. The highest BCUT2D eigenvalue weighted by atomic mass is 32.2. The molecule has 2 atom stereocenters. The summed E-state index contributed by atoms with van der Waals surface area (Å²) in [6.45, 7) is 4.42. The third-order valence-corrected chi connectivity index (χ3v) is 5.00. The average molecular weight is 398 g/mol. The van der Waals surface area contributed by atoms with Gasteiger partial charge in [0.1, 0.15) is 12.4 Å². The van der Waals surface area contributed by atoms with Crippen LogP contribution in [0.1, 0.15) is 37.0 Å². The number of carboxylic acid groups (broad SMARTS) is 1. The number of benzene rings is 1. The van der Waals surface area contributed by atoms with Crippen molar-refractivity contribution in [2.75, 3.05) is 19.4 Å². The maximum atomic E-state index is 12.5. The number of hydrogen-bond acceptors (Lipinski definition) is 5. The van der Waals surface area contributed by atoms with Crippen LogP contribution in [-0.4, -0.2) is 61.8 Å². The summed E-state index contributed by atoms with van der Waals surface area (Å²) in [5.74, 6) is -0.351. The van der Waals surface area contributed by atoms with Gasteiger partial charge in [-0.3, -0.25) is 4.79 Å². The van der Waals surface area contributed by atoms with Gasteiger partial charge in [-0.05, 0) is 36.6 Å². The van der Waals surface area contributed by atoms with Crippen molar-refractivity contribution in [3.63, 3.8) is 0 Å². The van der Waals surface area contributed by atoms with E-state index in [1.165, 1.54) is 12.1 Å². The third-order valence-electron chi connectivity index (χ3n) is 4.24. The average Bonchev–Trinajstić information content (AvgIpc) is 2.93. The second-order valence-electron chi connectivity index (χ2n) is 7.26. The summed E-state index contributed by atoms with van der Waals surface area (Å²) >= 11 is 0. The van der Waals surface area contributed by atoms with Crippen molar-refractivity contribution in [1.29, 1.82) is 0 Å². The molecule has 1 aliphatic rings. The second-order valence-corrected chi connectivity index (χ2v) is 9.04. The lowest BCUT2D eigenvalue weighted by Gasteiger charge is -2.25. The molecule has 0 bridgehead atoms. The van der Waals surface area contributed by atoms with Crippen molar-refractivity contribution in [3.05, 3.63) is 29.8 Å². The first-order valence-electron chi connectivity index (χ1n) is 8.78. The molecule has 9 heteroatoms. The van der Waals surface area contributed by atoms with Gasteiger partial charge in [0.05, 0.1) is 17.9 Å². The zero-order chi connectivity index (χ0) is 20.2. The zero-order valence-corrected chi connectivity index (χ0v) is 16.5. The van der Waals surface area contributed by atoms with E-state index in [2.05, 4.69) is 4.72 Å². The number of sulfonamides is 1. The number of nitrogens with one attached hydrogen (secondary N) is 1. The van der Waals surface area contributed by atoms with E-state index in [1.807, 2.05) is 13.8 Å². The van der Waals surface area contributed by atoms with E-state index in [1.54, 1.807) is 17.0 Å². The summed E-state index contributed by atoms with van der Waals surface area (Å²) in [6, 6.07) is 5.41. The Balaban J connectivity index is 2.05. The lowest BCUT2D eigenvalue weighted by atomic mass is 10.1. The van der Waals surface area contributed by atoms with Crippen molar-refractivity contribution in [2.45, 2.75) is 38.8 Å². The maximum absolute atomic E-state index is 12.5. The number of amides is 1. The minimum absolute atomic E-state index is 0.0300. The Hall–Kier alpha value is -2.13. The van der Waals surface area contributed by atoms with Crippen LogP contribution in [0, 0.1) is 5.92 Å². The summed E-state index contributed by atoms with van der Waals surface area (Å²) in [7, 11) is -3.37. The van der Waals surface area contributed by atoms with Gasteiger partial charge < -0.3 is 14.7 Å². The number of likely N-dealkylation sites (tertiary alicyclic amines) is 1. The van der Waals surface area contributed by atoms with Crippen LogP contribution >= 0.6 is 0 Å². The number of carboxylic acids is 1. The van der Waals surface area contributed by atoms with Crippen molar-refractivity contribution >= 4 is 21.9 Å². The number of rotatable bonds is 8. The molecule has 1 fully saturated rings. The van der Waals surface area contributed by atoms with E-state index in [0.717, 1.165) is 6.26 Å². The highest BCUT2D eigenvalue weighted by Crippen LogP contribution is 2.22. The van der Waals surface area contributed by atoms with Crippen LogP contribution < -0.4 is 9.46 Å². The number of carbonyl (C=O) groups excluding carboxylic acids is 1. The Morgan fingerprint density at radius 2 is 1.93 bits per heavy atom. The molecule has 1 aromatic carbocycles. The zero-order valence-electron chi connectivity index (χ0n) is 15.7. The molecule has 1 aromatic rings. The SMILES string of the molecule is CC(C)CC(=O)N1CC(NS(C)(=O)=O)CC1COc1ccc(C(=O)O)cc1. The first-order chi connectivity index (χ1) is 12.5. The molecule has 0 radical (unpaired) electrons. The monoisotopic (exact) mass is 398 g/mol. The highest BCUT2D eigenvalue weighted by molar-refractivity contribution is 7.88. The van der Waals surface area contributed by atoms with Gasteiger partial charge in [-0.25, -0.2) is 17.9 Å². The molecule has 1 amide bonds. The summed E-state index contributed by atoms with van der Waals surface area (Å²) in [4.78, 5) is 25.1. The van der Waals surface area contributed by atoms with Crippen molar-refractivity contribution in [1.82, 2.24) is 9.62 Å². The minimum atomic E-state index is -3.37. The van der Waals surface area contributed by atoms with Crippen LogP contribution in [0.4, 0.5) is 0 Å². The highest BCUT2D eigenvalue weighted by Gasteiger charge is 2.36.